The number of nitrogens with zero attached hydrogens (tertiary/aromatic N) is 2. The Kier molecular flexibility index (Phi) is 6.27. The molecule has 1 aromatic carbocycles. The lowest BCUT2D eigenvalue weighted by molar-refractivity contribution is -0.146. The van der Waals surface area contributed by atoms with E-state index in [1.165, 1.54) is 11.4 Å². The van der Waals surface area contributed by atoms with Gasteiger partial charge in [0.2, 0.25) is 10.0 Å². The molecule has 0 spiro atoms. The lowest BCUT2D eigenvalue weighted by Crippen LogP contribution is -2.48. The summed E-state index contributed by atoms with van der Waals surface area (Å²) in [5, 5.41) is 9.50. The summed E-state index contributed by atoms with van der Waals surface area (Å²) in [5.74, 6) is -0.537. The largest absolute Gasteiger partial charge is 0.469 e. The van der Waals surface area contributed by atoms with E-state index in [1.807, 2.05) is 25.2 Å². The van der Waals surface area contributed by atoms with E-state index in [0.717, 1.165) is 23.2 Å². The maximum absolute atomic E-state index is 13.2. The molecule has 0 saturated carbocycles. The fourth-order valence-corrected chi connectivity index (χ4v) is 6.33. The number of anilines is 1. The number of hydrogen-bond donors (Lipinski definition) is 1. The number of methoxy groups -OCH3 is 1. The molecule has 162 valence electrons. The van der Waals surface area contributed by atoms with Crippen LogP contribution in [0.5, 0.6) is 0 Å². The van der Waals surface area contributed by atoms with Crippen LogP contribution in [-0.4, -0.2) is 62.3 Å². The first kappa shape index (κ1) is 22.1. The number of aliphatic hydroxyl groups excluding tert-OH is 1. The van der Waals surface area contributed by atoms with Crippen LogP contribution in [0.1, 0.15) is 50.2 Å². The predicted octanol–water partition coefficient (Wildman–Crippen LogP) is 2.10. The second-order valence-electron chi connectivity index (χ2n) is 8.80. The summed E-state index contributed by atoms with van der Waals surface area (Å²) in [6, 6.07) is 5.78. The van der Waals surface area contributed by atoms with Crippen molar-refractivity contribution >= 4 is 21.7 Å². The van der Waals surface area contributed by atoms with E-state index in [9.17, 15) is 18.3 Å². The molecule has 0 bridgehead atoms. The van der Waals surface area contributed by atoms with E-state index >= 15 is 0 Å². The lowest BCUT2D eigenvalue weighted by Gasteiger charge is -2.46. The Morgan fingerprint density at radius 3 is 2.52 bits per heavy atom. The molecule has 8 heteroatoms. The van der Waals surface area contributed by atoms with Crippen molar-refractivity contribution in [1.29, 1.82) is 0 Å². The number of aliphatic hydroxyl groups is 1. The number of carbonyl (C=O) groups is 1. The van der Waals surface area contributed by atoms with Crippen LogP contribution in [0.3, 0.4) is 0 Å². The Morgan fingerprint density at radius 1 is 1.28 bits per heavy atom. The summed E-state index contributed by atoms with van der Waals surface area (Å²) in [6.45, 7) is 4.90. The van der Waals surface area contributed by atoms with Gasteiger partial charge >= 0.3 is 5.97 Å². The number of piperidine rings is 1. The molecule has 1 fully saturated rings. The van der Waals surface area contributed by atoms with Gasteiger partial charge in [-0.2, -0.15) is 0 Å². The minimum Gasteiger partial charge on any atom is -0.469 e. The zero-order valence-corrected chi connectivity index (χ0v) is 18.5. The van der Waals surface area contributed by atoms with Gasteiger partial charge in [-0.05, 0) is 50.3 Å². The molecule has 1 atom stereocenters. The molecular weight excluding hydrogens is 392 g/mol. The number of sulfonamides is 1. The summed E-state index contributed by atoms with van der Waals surface area (Å²) >= 11 is 0. The first-order chi connectivity index (χ1) is 13.6. The fourth-order valence-electron chi connectivity index (χ4n) is 4.54. The van der Waals surface area contributed by atoms with Crippen molar-refractivity contribution in [3.05, 3.63) is 29.3 Å². The second kappa shape index (κ2) is 8.24. The third-order valence-corrected chi connectivity index (χ3v) is 8.50. The molecule has 1 N–H and O–H groups in total. The predicted molar refractivity (Wildman–Crippen MR) is 112 cm³/mol. The molecule has 1 unspecified atom stereocenters. The molecule has 0 aliphatic carbocycles. The minimum atomic E-state index is -3.45. The molecule has 2 heterocycles. The second-order valence-corrected chi connectivity index (χ2v) is 10.8. The zero-order valence-electron chi connectivity index (χ0n) is 17.7. The Labute approximate surface area is 173 Å². The zero-order chi connectivity index (χ0) is 21.4. The van der Waals surface area contributed by atoms with Crippen LogP contribution in [0.25, 0.3) is 0 Å². The monoisotopic (exact) mass is 424 g/mol. The lowest BCUT2D eigenvalue weighted by atomic mass is 9.80. The standard InChI is InChI=1S/C21H32N2O5S/c1-21(2)12-17(18-6-5-15(13-24)11-19(18)22(21)3)14-29(26,27)23-9-7-16(8-10-23)20(25)28-4/h5-6,11,16-17,24H,7-10,12-14H2,1-4H3. The summed E-state index contributed by atoms with van der Waals surface area (Å²) in [7, 11) is -0.0674. The van der Waals surface area contributed by atoms with E-state index in [2.05, 4.69) is 18.7 Å². The van der Waals surface area contributed by atoms with Gasteiger partial charge < -0.3 is 14.7 Å². The maximum atomic E-state index is 13.2. The van der Waals surface area contributed by atoms with Crippen molar-refractivity contribution in [2.24, 2.45) is 5.92 Å². The minimum absolute atomic E-state index is 0.0420. The van der Waals surface area contributed by atoms with E-state index < -0.39 is 10.0 Å². The average Bonchev–Trinajstić information content (AvgIpc) is 2.70. The van der Waals surface area contributed by atoms with Gasteiger partial charge in [0.15, 0.2) is 0 Å². The molecular formula is C21H32N2O5S. The van der Waals surface area contributed by atoms with Crippen molar-refractivity contribution in [1.82, 2.24) is 4.31 Å². The third kappa shape index (κ3) is 4.44. The third-order valence-electron chi connectivity index (χ3n) is 6.53. The van der Waals surface area contributed by atoms with Gasteiger partial charge in [0, 0.05) is 37.3 Å². The number of fused-ring (bicyclic) bond motifs is 1. The molecule has 0 amide bonds. The normalized spacial score (nSPS) is 22.9. The quantitative estimate of drug-likeness (QED) is 0.729. The smallest absolute Gasteiger partial charge is 0.308 e. The number of hydrogen-bond acceptors (Lipinski definition) is 6. The van der Waals surface area contributed by atoms with Crippen LogP contribution in [0, 0.1) is 5.92 Å². The van der Waals surface area contributed by atoms with Gasteiger partial charge in [-0.25, -0.2) is 12.7 Å². The van der Waals surface area contributed by atoms with Crippen molar-refractivity contribution in [3.8, 4) is 0 Å². The molecule has 0 radical (unpaired) electrons. The molecule has 1 aromatic rings. The van der Waals surface area contributed by atoms with Gasteiger partial charge in [-0.15, -0.1) is 0 Å². The van der Waals surface area contributed by atoms with Gasteiger partial charge in [0.05, 0.1) is 25.4 Å². The molecule has 3 rings (SSSR count). The average molecular weight is 425 g/mol. The Hall–Kier alpha value is -1.64. The van der Waals surface area contributed by atoms with Crippen molar-refractivity contribution in [2.45, 2.75) is 51.2 Å². The van der Waals surface area contributed by atoms with Crippen LogP contribution >= 0.6 is 0 Å². The molecule has 1 saturated heterocycles. The Bertz CT molecular complexity index is 860. The number of ether oxygens (including phenoxy) is 1. The first-order valence-electron chi connectivity index (χ1n) is 10.1. The van der Waals surface area contributed by atoms with Gasteiger partial charge in [0.1, 0.15) is 0 Å². The van der Waals surface area contributed by atoms with Gasteiger partial charge in [-0.3, -0.25) is 4.79 Å². The van der Waals surface area contributed by atoms with E-state index in [4.69, 9.17) is 4.74 Å². The number of esters is 1. The highest BCUT2D eigenvalue weighted by Gasteiger charge is 2.40. The van der Waals surface area contributed by atoms with Crippen LogP contribution in [0.2, 0.25) is 0 Å². The van der Waals surface area contributed by atoms with Crippen molar-refractivity contribution in [2.75, 3.05) is 37.9 Å². The molecule has 2 aliphatic rings. The molecule has 7 nitrogen and oxygen atoms in total. The SMILES string of the molecule is COC(=O)C1CCN(S(=O)(=O)CC2CC(C)(C)N(C)c3cc(CO)ccc32)CC1. The van der Waals surface area contributed by atoms with E-state index in [1.54, 1.807) is 0 Å². The summed E-state index contributed by atoms with van der Waals surface area (Å²) in [5.41, 5.74) is 2.62. The highest BCUT2D eigenvalue weighted by molar-refractivity contribution is 7.89. The fraction of sp³-hybridized carbons (Fsp3) is 0.667. The molecule has 0 aromatic heterocycles. The van der Waals surface area contributed by atoms with Crippen LogP contribution in [-0.2, 0) is 26.2 Å². The van der Waals surface area contributed by atoms with Crippen molar-refractivity contribution < 1.29 is 23.1 Å². The summed E-state index contributed by atoms with van der Waals surface area (Å²) in [4.78, 5) is 13.9. The maximum Gasteiger partial charge on any atom is 0.308 e. The van der Waals surface area contributed by atoms with Crippen LogP contribution < -0.4 is 4.90 Å². The van der Waals surface area contributed by atoms with Crippen LogP contribution in [0.15, 0.2) is 18.2 Å². The number of benzene rings is 1. The van der Waals surface area contributed by atoms with Crippen molar-refractivity contribution in [3.63, 3.8) is 0 Å². The molecule has 29 heavy (non-hydrogen) atoms. The Morgan fingerprint density at radius 2 is 1.93 bits per heavy atom. The van der Waals surface area contributed by atoms with E-state index in [0.29, 0.717) is 25.9 Å². The summed E-state index contributed by atoms with van der Waals surface area (Å²) in [6.07, 6.45) is 1.73. The Balaban J connectivity index is 1.80. The van der Waals surface area contributed by atoms with Gasteiger partial charge in [0.25, 0.3) is 0 Å². The summed E-state index contributed by atoms with van der Waals surface area (Å²) < 4.78 is 32.7. The first-order valence-corrected chi connectivity index (χ1v) is 11.7. The number of carbonyl (C=O) groups excluding carboxylic acids is 1. The van der Waals surface area contributed by atoms with E-state index in [-0.39, 0.29) is 35.7 Å². The number of rotatable bonds is 5. The van der Waals surface area contributed by atoms with Crippen LogP contribution in [0.4, 0.5) is 5.69 Å². The van der Waals surface area contributed by atoms with Gasteiger partial charge in [-0.1, -0.05) is 12.1 Å². The highest BCUT2D eigenvalue weighted by Crippen LogP contribution is 2.44. The topological polar surface area (TPSA) is 87.2 Å². The molecule has 2 aliphatic heterocycles. The highest BCUT2D eigenvalue weighted by atomic mass is 32.2.